The predicted molar refractivity (Wildman–Crippen MR) is 20.8 cm³/mol. The van der Waals surface area contributed by atoms with Gasteiger partial charge >= 0.3 is 5.97 Å². The second-order valence-corrected chi connectivity index (χ2v) is 0.798. The van der Waals surface area contributed by atoms with Gasteiger partial charge in [0, 0.05) is 31.0 Å². The molecule has 0 atom stereocenters. The molecule has 4 heteroatoms. The summed E-state index contributed by atoms with van der Waals surface area (Å²) in [6, 6.07) is 0. The average molecular weight is 153 g/mol. The molecule has 47 valence electrons. The van der Waals surface area contributed by atoms with Crippen LogP contribution in [0.5, 0.6) is 0 Å². The Hall–Kier alpha value is -0.0505. The first-order chi connectivity index (χ1) is 2.77. The summed E-state index contributed by atoms with van der Waals surface area (Å²) in [7, 11) is 1.53. The molecule has 0 aromatic heterocycles. The van der Waals surface area contributed by atoms with Crippen LogP contribution in [0.3, 0.4) is 0 Å². The van der Waals surface area contributed by atoms with E-state index in [1.807, 2.05) is 0 Å². The van der Waals surface area contributed by atoms with Crippen molar-refractivity contribution in [2.75, 3.05) is 7.05 Å². The number of rotatable bonds is 1. The van der Waals surface area contributed by atoms with Gasteiger partial charge < -0.3 is 4.84 Å². The van der Waals surface area contributed by atoms with Crippen LogP contribution in [0, 0.1) is 0 Å². The Balaban J connectivity index is 0. The SMILES string of the molecule is CNOC(C)=O.[Cu]. The van der Waals surface area contributed by atoms with E-state index in [1.165, 1.54) is 14.0 Å². The molecule has 0 aliphatic carbocycles. The van der Waals surface area contributed by atoms with E-state index in [1.54, 1.807) is 0 Å². The van der Waals surface area contributed by atoms with Crippen molar-refractivity contribution in [2.24, 2.45) is 0 Å². The number of carbonyl (C=O) groups excluding carboxylic acids is 1. The van der Waals surface area contributed by atoms with Crippen molar-refractivity contribution in [1.29, 1.82) is 0 Å². The summed E-state index contributed by atoms with van der Waals surface area (Å²) in [6.07, 6.45) is 0. The van der Waals surface area contributed by atoms with Gasteiger partial charge in [-0.3, -0.25) is 4.79 Å². The van der Waals surface area contributed by atoms with Crippen LogP contribution in [0.1, 0.15) is 6.92 Å². The second kappa shape index (κ2) is 5.95. The van der Waals surface area contributed by atoms with Crippen LogP contribution < -0.4 is 5.48 Å². The van der Waals surface area contributed by atoms with Crippen LogP contribution in [-0.4, -0.2) is 13.0 Å². The standard InChI is InChI=1S/C3H7NO2.Cu/c1-3(5)6-4-2;/h4H,1-2H3;. The molecule has 0 rings (SSSR count). The van der Waals surface area contributed by atoms with Gasteiger partial charge in [-0.2, -0.15) is 5.48 Å². The maximum absolute atomic E-state index is 9.76. The zero-order valence-electron chi connectivity index (χ0n) is 4.12. The molecule has 1 radical (unpaired) electrons. The average Bonchev–Trinajstić information content (AvgIpc) is 1.35. The van der Waals surface area contributed by atoms with Gasteiger partial charge in [-0.25, -0.2) is 0 Å². The maximum Gasteiger partial charge on any atom is 0.321 e. The van der Waals surface area contributed by atoms with Crippen molar-refractivity contribution < 1.29 is 26.7 Å². The van der Waals surface area contributed by atoms with Gasteiger partial charge in [0.1, 0.15) is 0 Å². The van der Waals surface area contributed by atoms with E-state index >= 15 is 0 Å². The van der Waals surface area contributed by atoms with E-state index in [0.717, 1.165) is 0 Å². The third kappa shape index (κ3) is 10.7. The number of nitrogens with one attached hydrogen (secondary N) is 1. The normalized spacial score (nSPS) is 6.57. The molecule has 0 fully saturated rings. The summed E-state index contributed by atoms with van der Waals surface area (Å²) in [5.41, 5.74) is 2.22. The zero-order chi connectivity index (χ0) is 4.99. The molecule has 7 heavy (non-hydrogen) atoms. The molecule has 0 spiro atoms. The van der Waals surface area contributed by atoms with E-state index < -0.39 is 0 Å². The molecule has 0 saturated heterocycles. The largest absolute Gasteiger partial charge is 0.371 e. The van der Waals surface area contributed by atoms with Crippen LogP contribution in [0.4, 0.5) is 0 Å². The van der Waals surface area contributed by atoms with Gasteiger partial charge in [-0.15, -0.1) is 0 Å². The van der Waals surface area contributed by atoms with Gasteiger partial charge in [0.15, 0.2) is 0 Å². The van der Waals surface area contributed by atoms with E-state index in [2.05, 4.69) is 10.3 Å². The fraction of sp³-hybridized carbons (Fsp3) is 0.667. The summed E-state index contributed by atoms with van der Waals surface area (Å²) < 4.78 is 0. The molecule has 0 saturated carbocycles. The van der Waals surface area contributed by atoms with Crippen molar-refractivity contribution in [3.8, 4) is 0 Å². The van der Waals surface area contributed by atoms with Gasteiger partial charge in [0.25, 0.3) is 0 Å². The number of hydrogen-bond acceptors (Lipinski definition) is 3. The molecular weight excluding hydrogens is 146 g/mol. The van der Waals surface area contributed by atoms with Crippen LogP contribution in [0.15, 0.2) is 0 Å². The van der Waals surface area contributed by atoms with Crippen molar-refractivity contribution >= 4 is 5.97 Å². The zero-order valence-corrected chi connectivity index (χ0v) is 5.06. The maximum atomic E-state index is 9.76. The van der Waals surface area contributed by atoms with Gasteiger partial charge in [0.2, 0.25) is 0 Å². The summed E-state index contributed by atoms with van der Waals surface area (Å²) in [4.78, 5) is 13.9. The number of hydroxylamine groups is 1. The Morgan fingerprint density at radius 1 is 1.71 bits per heavy atom. The van der Waals surface area contributed by atoms with Crippen molar-refractivity contribution in [3.05, 3.63) is 0 Å². The van der Waals surface area contributed by atoms with Crippen LogP contribution in [0.2, 0.25) is 0 Å². The smallest absolute Gasteiger partial charge is 0.321 e. The Kier molecular flexibility index (Phi) is 8.53. The van der Waals surface area contributed by atoms with E-state index in [4.69, 9.17) is 0 Å². The molecule has 0 unspecified atom stereocenters. The molecular formula is C3H7CuNO2. The summed E-state index contributed by atoms with van der Waals surface area (Å²) in [5.74, 6) is -0.322. The molecule has 3 nitrogen and oxygen atoms in total. The first-order valence-electron chi connectivity index (χ1n) is 1.61. The summed E-state index contributed by atoms with van der Waals surface area (Å²) in [6.45, 7) is 1.33. The van der Waals surface area contributed by atoms with Gasteiger partial charge in [-0.1, -0.05) is 0 Å². The molecule has 0 amide bonds. The first kappa shape index (κ1) is 10.0. The Labute approximate surface area is 52.8 Å². The summed E-state index contributed by atoms with van der Waals surface area (Å²) in [5, 5.41) is 0. The molecule has 0 bridgehead atoms. The summed E-state index contributed by atoms with van der Waals surface area (Å²) >= 11 is 0. The Morgan fingerprint density at radius 3 is 2.14 bits per heavy atom. The minimum Gasteiger partial charge on any atom is -0.371 e. The Morgan fingerprint density at radius 2 is 2.14 bits per heavy atom. The minimum atomic E-state index is -0.322. The van der Waals surface area contributed by atoms with Crippen LogP contribution in [-0.2, 0) is 26.7 Å². The number of hydrogen-bond donors (Lipinski definition) is 1. The fourth-order valence-corrected chi connectivity index (χ4v) is 0.144. The van der Waals surface area contributed by atoms with Crippen molar-refractivity contribution in [3.63, 3.8) is 0 Å². The van der Waals surface area contributed by atoms with Crippen molar-refractivity contribution in [2.45, 2.75) is 6.92 Å². The van der Waals surface area contributed by atoms with E-state index in [0.29, 0.717) is 0 Å². The third-order valence-corrected chi connectivity index (χ3v) is 0.246. The molecule has 0 aliphatic heterocycles. The first-order valence-corrected chi connectivity index (χ1v) is 1.61. The quantitative estimate of drug-likeness (QED) is 0.414. The van der Waals surface area contributed by atoms with Gasteiger partial charge in [0.05, 0.1) is 0 Å². The van der Waals surface area contributed by atoms with Gasteiger partial charge in [-0.05, 0) is 0 Å². The monoisotopic (exact) mass is 152 g/mol. The van der Waals surface area contributed by atoms with Crippen molar-refractivity contribution in [1.82, 2.24) is 5.48 Å². The number of carbonyl (C=O) groups is 1. The van der Waals surface area contributed by atoms with E-state index in [-0.39, 0.29) is 23.0 Å². The molecule has 0 aromatic rings. The predicted octanol–water partition coefficient (Wildman–Crippen LogP) is -0.319. The fourth-order valence-electron chi connectivity index (χ4n) is 0.144. The second-order valence-electron chi connectivity index (χ2n) is 0.798. The molecule has 0 aromatic carbocycles. The third-order valence-electron chi connectivity index (χ3n) is 0.246. The minimum absolute atomic E-state index is 0. The van der Waals surface area contributed by atoms with E-state index in [9.17, 15) is 4.79 Å². The molecule has 0 heterocycles. The molecule has 0 aliphatic rings. The molecule has 1 N–H and O–H groups in total. The topological polar surface area (TPSA) is 38.3 Å². The Bertz CT molecular complexity index is 56.9. The van der Waals surface area contributed by atoms with Crippen LogP contribution in [0.25, 0.3) is 0 Å². The van der Waals surface area contributed by atoms with Crippen LogP contribution >= 0.6 is 0 Å².